The van der Waals surface area contributed by atoms with E-state index in [0.29, 0.717) is 12.8 Å². The van der Waals surface area contributed by atoms with Crippen molar-refractivity contribution < 1.29 is 54.1 Å². The van der Waals surface area contributed by atoms with Crippen molar-refractivity contribution in [2.24, 2.45) is 50.7 Å². The topological polar surface area (TPSA) is 176 Å². The molecule has 7 aliphatic rings. The van der Waals surface area contributed by atoms with E-state index >= 15 is 0 Å². The van der Waals surface area contributed by atoms with Crippen LogP contribution in [0, 0.1) is 50.7 Å². The van der Waals surface area contributed by atoms with E-state index in [-0.39, 0.29) is 58.6 Å². The average Bonchev–Trinajstić information content (AvgIpc) is 3.86. The number of hydrogen-bond donors (Lipinski definition) is 5. The number of Topliss-reactive ketones (excluding diaryl/α,β-unsaturated/α-hetero) is 1. The van der Waals surface area contributed by atoms with Crippen molar-refractivity contribution in [3.05, 3.63) is 0 Å². The number of carbonyl (C=O) groups is 2. The number of aliphatic hydroxyl groups is 5. The van der Waals surface area contributed by atoms with Crippen molar-refractivity contribution in [2.75, 3.05) is 6.61 Å². The Morgan fingerprint density at radius 2 is 1.62 bits per heavy atom. The van der Waals surface area contributed by atoms with Gasteiger partial charge in [0.05, 0.1) is 24.4 Å². The van der Waals surface area contributed by atoms with Crippen LogP contribution in [0.15, 0.2) is 0 Å². The summed E-state index contributed by atoms with van der Waals surface area (Å²) < 4.78 is 23.6. The van der Waals surface area contributed by atoms with Crippen LogP contribution in [-0.4, -0.2) is 105 Å². The van der Waals surface area contributed by atoms with Gasteiger partial charge in [0.25, 0.3) is 0 Å². The van der Waals surface area contributed by atoms with Crippen LogP contribution in [0.4, 0.5) is 0 Å². The van der Waals surface area contributed by atoms with Crippen molar-refractivity contribution in [3.8, 4) is 0 Å². The van der Waals surface area contributed by atoms with Gasteiger partial charge in [-0.05, 0) is 86.4 Å². The van der Waals surface area contributed by atoms with Crippen molar-refractivity contribution in [1.29, 1.82) is 0 Å². The molecule has 0 aromatic heterocycles. The third kappa shape index (κ3) is 4.47. The molecule has 48 heavy (non-hydrogen) atoms. The summed E-state index contributed by atoms with van der Waals surface area (Å²) in [6.45, 7) is 15.9. The minimum Gasteiger partial charge on any atom is -0.460 e. The molecule has 0 bridgehead atoms. The van der Waals surface area contributed by atoms with Crippen molar-refractivity contribution in [1.82, 2.24) is 0 Å². The Morgan fingerprint density at radius 3 is 2.25 bits per heavy atom. The molecule has 2 heterocycles. The molecule has 2 spiro atoms. The van der Waals surface area contributed by atoms with Crippen LogP contribution in [0.2, 0.25) is 0 Å². The zero-order chi connectivity index (χ0) is 35.1. The summed E-state index contributed by atoms with van der Waals surface area (Å²) in [5.74, 6) is -0.874. The second-order valence-electron chi connectivity index (χ2n) is 18.5. The molecular formula is C37H58O11. The van der Waals surface area contributed by atoms with Gasteiger partial charge in [0.15, 0.2) is 12.1 Å². The fraction of sp³-hybridized carbons (Fsp3) is 0.946. The quantitative estimate of drug-likeness (QED) is 0.152. The Morgan fingerprint density at radius 1 is 0.979 bits per heavy atom. The Hall–Kier alpha value is -1.18. The maximum atomic E-state index is 14.3. The third-order valence-electron chi connectivity index (χ3n) is 15.7. The van der Waals surface area contributed by atoms with Gasteiger partial charge in [0, 0.05) is 30.1 Å². The lowest BCUT2D eigenvalue weighted by Gasteiger charge is -2.64. The first-order valence-electron chi connectivity index (χ1n) is 18.3. The zero-order valence-electron chi connectivity index (χ0n) is 29.8. The number of hydrogen-bond acceptors (Lipinski definition) is 11. The van der Waals surface area contributed by atoms with Gasteiger partial charge in [0.1, 0.15) is 36.6 Å². The molecule has 7 fully saturated rings. The SMILES string of the molecule is CC(=O)O[C@H](C[C@@H](C)[C@H]1C(=O)C(O)[C@@]2(C)[C@@H]3CC[C@H]4C(C)(C)[C@@H](O[C@@H]5OC[C@@H](O)[C@H](O)[C@H]5O)C[C@H](O)[C@@]45C[C@@]35CC[C@]12C)[C@@H]1OC1(C)C. The summed E-state index contributed by atoms with van der Waals surface area (Å²) in [7, 11) is 0. The molecule has 2 aliphatic heterocycles. The van der Waals surface area contributed by atoms with Crippen LogP contribution in [-0.2, 0) is 28.5 Å². The highest BCUT2D eigenvalue weighted by molar-refractivity contribution is 5.90. The third-order valence-corrected chi connectivity index (χ3v) is 15.7. The highest BCUT2D eigenvalue weighted by atomic mass is 16.7. The normalized spacial score (nSPS) is 54.2. The van der Waals surface area contributed by atoms with E-state index in [1.165, 1.54) is 6.92 Å². The van der Waals surface area contributed by atoms with Gasteiger partial charge in [-0.25, -0.2) is 0 Å². The first-order valence-corrected chi connectivity index (χ1v) is 18.3. The van der Waals surface area contributed by atoms with Gasteiger partial charge < -0.3 is 44.5 Å². The molecule has 272 valence electrons. The Balaban J connectivity index is 1.14. The minimum absolute atomic E-state index is 0.0502. The monoisotopic (exact) mass is 678 g/mol. The van der Waals surface area contributed by atoms with E-state index in [1.807, 2.05) is 13.8 Å². The Labute approximate surface area is 284 Å². The molecule has 5 saturated carbocycles. The molecule has 7 rings (SSSR count). The second kappa shape index (κ2) is 10.9. The maximum absolute atomic E-state index is 14.3. The lowest BCUT2D eigenvalue weighted by atomic mass is 9.41. The lowest BCUT2D eigenvalue weighted by molar-refractivity contribution is -0.309. The highest BCUT2D eigenvalue weighted by Crippen LogP contribution is 2.88. The standard InChI is InChI=1S/C37H58O11/c1-17(13-20(46-18(2)38)30-33(5,6)48-30)25-27(42)29(44)35(8)22-10-9-21-32(3,4)24(47-31-28(43)26(41)19(39)15-45-31)14-23(40)37(21)16-36(22,37)12-11-34(25,35)7/h17,19-26,28-31,39-41,43-44H,9-16H2,1-8H3/t17-,19-,20-,21+,22+,23+,24+,25+,26+,28-,29?,30+,31+,34-,35-,36+,37-/m1/s1. The van der Waals surface area contributed by atoms with Crippen molar-refractivity contribution >= 4 is 11.8 Å². The second-order valence-corrected chi connectivity index (χ2v) is 18.5. The summed E-state index contributed by atoms with van der Waals surface area (Å²) >= 11 is 0. The summed E-state index contributed by atoms with van der Waals surface area (Å²) in [6, 6.07) is 0. The molecule has 11 nitrogen and oxygen atoms in total. The molecule has 2 saturated heterocycles. The highest BCUT2D eigenvalue weighted by Gasteiger charge is 2.86. The first kappa shape index (κ1) is 35.2. The molecular weight excluding hydrogens is 620 g/mol. The molecule has 5 N–H and O–H groups in total. The predicted molar refractivity (Wildman–Crippen MR) is 171 cm³/mol. The molecule has 0 radical (unpaired) electrons. The number of ether oxygens (including phenoxy) is 4. The maximum Gasteiger partial charge on any atom is 0.302 e. The molecule has 0 amide bonds. The van der Waals surface area contributed by atoms with Gasteiger partial charge in [-0.1, -0.05) is 34.6 Å². The van der Waals surface area contributed by atoms with E-state index < -0.39 is 71.2 Å². The minimum atomic E-state index is -1.40. The molecule has 11 heteroatoms. The van der Waals surface area contributed by atoms with Crippen LogP contribution in [0.5, 0.6) is 0 Å². The number of esters is 1. The number of epoxide rings is 1. The number of ketones is 1. The number of aliphatic hydroxyl groups excluding tert-OH is 5. The van der Waals surface area contributed by atoms with E-state index in [4.69, 9.17) is 18.9 Å². The van der Waals surface area contributed by atoms with E-state index in [2.05, 4.69) is 34.6 Å². The lowest BCUT2D eigenvalue weighted by Crippen LogP contribution is -2.63. The van der Waals surface area contributed by atoms with Crippen molar-refractivity contribution in [3.63, 3.8) is 0 Å². The largest absolute Gasteiger partial charge is 0.460 e. The Bertz CT molecular complexity index is 1330. The molecule has 1 unspecified atom stereocenters. The summed E-state index contributed by atoms with van der Waals surface area (Å²) in [5, 5.41) is 54.9. The summed E-state index contributed by atoms with van der Waals surface area (Å²) in [4.78, 5) is 26.3. The Kier molecular flexibility index (Phi) is 8.01. The molecule has 17 atom stereocenters. The van der Waals surface area contributed by atoms with E-state index in [1.54, 1.807) is 0 Å². The van der Waals surface area contributed by atoms with E-state index in [0.717, 1.165) is 32.1 Å². The van der Waals surface area contributed by atoms with Crippen molar-refractivity contribution in [2.45, 2.75) is 161 Å². The van der Waals surface area contributed by atoms with Gasteiger partial charge in [-0.2, -0.15) is 0 Å². The van der Waals surface area contributed by atoms with Crippen LogP contribution < -0.4 is 0 Å². The van der Waals surface area contributed by atoms with Crippen LogP contribution >= 0.6 is 0 Å². The smallest absolute Gasteiger partial charge is 0.302 e. The first-order chi connectivity index (χ1) is 22.2. The number of carbonyl (C=O) groups excluding carboxylic acids is 2. The molecule has 5 aliphatic carbocycles. The fourth-order valence-corrected chi connectivity index (χ4v) is 13.2. The summed E-state index contributed by atoms with van der Waals surface area (Å²) in [5.41, 5.74) is -2.52. The fourth-order valence-electron chi connectivity index (χ4n) is 13.2. The van der Waals surface area contributed by atoms with Crippen LogP contribution in [0.3, 0.4) is 0 Å². The van der Waals surface area contributed by atoms with Gasteiger partial charge in [0.2, 0.25) is 0 Å². The zero-order valence-corrected chi connectivity index (χ0v) is 29.8. The van der Waals surface area contributed by atoms with Crippen LogP contribution in [0.25, 0.3) is 0 Å². The van der Waals surface area contributed by atoms with Crippen LogP contribution in [0.1, 0.15) is 100 Å². The number of fused-ring (bicyclic) bond motifs is 2. The average molecular weight is 679 g/mol. The molecule has 0 aromatic carbocycles. The predicted octanol–water partition coefficient (Wildman–Crippen LogP) is 2.51. The van der Waals surface area contributed by atoms with Gasteiger partial charge in [-0.15, -0.1) is 0 Å². The van der Waals surface area contributed by atoms with Gasteiger partial charge >= 0.3 is 5.97 Å². The summed E-state index contributed by atoms with van der Waals surface area (Å²) in [6.07, 6.45) is -3.10. The molecule has 0 aromatic rings. The number of rotatable bonds is 7. The van der Waals surface area contributed by atoms with E-state index in [9.17, 15) is 35.1 Å². The van der Waals surface area contributed by atoms with Gasteiger partial charge in [-0.3, -0.25) is 9.59 Å².